The summed E-state index contributed by atoms with van der Waals surface area (Å²) in [5.41, 5.74) is 1.44. The first-order chi connectivity index (χ1) is 16.9. The molecule has 8 nitrogen and oxygen atoms in total. The first-order valence-electron chi connectivity index (χ1n) is 12.3. The van der Waals surface area contributed by atoms with Crippen LogP contribution in [0.15, 0.2) is 35.3 Å². The molecular weight excluding hydrogens is 466 g/mol. The zero-order chi connectivity index (χ0) is 24.5. The number of hydrogen-bond donors (Lipinski definition) is 1. The molecule has 1 aromatic carbocycles. The van der Waals surface area contributed by atoms with Crippen molar-refractivity contribution in [1.82, 2.24) is 14.5 Å². The summed E-state index contributed by atoms with van der Waals surface area (Å²) in [5.74, 6) is 1.96. The molecule has 2 fully saturated rings. The molecule has 0 amide bonds. The molecule has 2 aromatic heterocycles. The molecule has 1 aliphatic heterocycles. The van der Waals surface area contributed by atoms with E-state index in [0.29, 0.717) is 29.1 Å². The Kier molecular flexibility index (Phi) is 6.65. The number of piperidine rings is 1. The predicted octanol–water partition coefficient (Wildman–Crippen LogP) is 5.12. The zero-order valence-corrected chi connectivity index (χ0v) is 20.8. The number of rotatable bonds is 8. The molecule has 9 heteroatoms. The van der Waals surface area contributed by atoms with Gasteiger partial charge in [0.2, 0.25) is 5.95 Å². The maximum atomic E-state index is 13.1. The third-order valence-corrected chi connectivity index (χ3v) is 6.91. The van der Waals surface area contributed by atoms with Crippen LogP contribution in [0.3, 0.4) is 0 Å². The molecule has 0 spiro atoms. The van der Waals surface area contributed by atoms with Gasteiger partial charge in [-0.25, -0.2) is 4.98 Å². The van der Waals surface area contributed by atoms with Gasteiger partial charge in [-0.3, -0.25) is 9.59 Å². The molecule has 1 saturated carbocycles. The highest BCUT2D eigenvalue weighted by atomic mass is 35.5. The summed E-state index contributed by atoms with van der Waals surface area (Å²) in [6.07, 6.45) is 6.26. The predicted molar refractivity (Wildman–Crippen MR) is 138 cm³/mol. The first kappa shape index (κ1) is 23.6. The lowest BCUT2D eigenvalue weighted by Gasteiger charge is -2.31. The highest BCUT2D eigenvalue weighted by Crippen LogP contribution is 2.37. The minimum absolute atomic E-state index is 0.0461. The van der Waals surface area contributed by atoms with Gasteiger partial charge in [-0.05, 0) is 55.9 Å². The Bertz CT molecular complexity index is 1320. The van der Waals surface area contributed by atoms with E-state index in [1.54, 1.807) is 23.8 Å². The van der Waals surface area contributed by atoms with Crippen molar-refractivity contribution in [3.63, 3.8) is 0 Å². The van der Waals surface area contributed by atoms with Crippen LogP contribution in [-0.4, -0.2) is 40.0 Å². The van der Waals surface area contributed by atoms with Crippen molar-refractivity contribution >= 4 is 45.7 Å². The average molecular weight is 496 g/mol. The number of ketones is 1. The van der Waals surface area contributed by atoms with Crippen LogP contribution in [-0.2, 0) is 4.79 Å². The molecule has 0 bridgehead atoms. The lowest BCUT2D eigenvalue weighted by atomic mass is 10.0. The molecule has 0 radical (unpaired) electrons. The Balaban J connectivity index is 1.46. The third-order valence-electron chi connectivity index (χ3n) is 6.63. The summed E-state index contributed by atoms with van der Waals surface area (Å²) >= 11 is 6.43. The fourth-order valence-corrected chi connectivity index (χ4v) is 4.70. The zero-order valence-electron chi connectivity index (χ0n) is 20.1. The van der Waals surface area contributed by atoms with Gasteiger partial charge in [0, 0.05) is 36.6 Å². The maximum Gasteiger partial charge on any atom is 0.293 e. The lowest BCUT2D eigenvalue weighted by Crippen LogP contribution is -2.35. The topological polar surface area (TPSA) is 89.3 Å². The molecule has 3 heterocycles. The Labute approximate surface area is 209 Å². The molecular formula is C26H30ClN5O3. The van der Waals surface area contributed by atoms with Crippen molar-refractivity contribution in [2.24, 2.45) is 5.92 Å². The monoisotopic (exact) mass is 495 g/mol. The Hall–Kier alpha value is -3.13. The molecule has 0 unspecified atom stereocenters. The number of nitrogens with zero attached hydrogens (tertiary/aromatic N) is 4. The Morgan fingerprint density at radius 3 is 2.83 bits per heavy atom. The second-order valence-electron chi connectivity index (χ2n) is 9.55. The molecule has 184 valence electrons. The Morgan fingerprint density at radius 2 is 2.09 bits per heavy atom. The second kappa shape index (κ2) is 9.85. The van der Waals surface area contributed by atoms with Gasteiger partial charge < -0.3 is 19.5 Å². The number of aromatic nitrogens is 3. The fraction of sp³-hybridized carbons (Fsp3) is 0.462. The SMILES string of the molecule is CCC(=O)COc1cc2cc(Nc3nc(N4CCC[C@H](C)C4)ncc3Cl)ccc2n(C2CC2)c1=O. The number of hydrogen-bond acceptors (Lipinski definition) is 7. The Morgan fingerprint density at radius 1 is 1.26 bits per heavy atom. The van der Waals surface area contributed by atoms with E-state index >= 15 is 0 Å². The van der Waals surface area contributed by atoms with Crippen molar-refractivity contribution in [3.05, 3.63) is 45.8 Å². The molecule has 1 atom stereocenters. The van der Waals surface area contributed by atoms with Crippen LogP contribution in [0, 0.1) is 5.92 Å². The van der Waals surface area contributed by atoms with Gasteiger partial charge in [0.05, 0.1) is 11.7 Å². The molecule has 3 aromatic rings. The minimum atomic E-state index is -0.191. The molecule has 2 aliphatic rings. The fourth-order valence-electron chi connectivity index (χ4n) is 4.56. The number of ether oxygens (including phenoxy) is 1. The third kappa shape index (κ3) is 5.12. The van der Waals surface area contributed by atoms with Crippen LogP contribution in [0.5, 0.6) is 5.75 Å². The van der Waals surface area contributed by atoms with E-state index in [-0.39, 0.29) is 29.7 Å². The number of pyridine rings is 1. The van der Waals surface area contributed by atoms with Gasteiger partial charge in [0.1, 0.15) is 11.6 Å². The van der Waals surface area contributed by atoms with Crippen LogP contribution >= 0.6 is 11.6 Å². The molecule has 5 rings (SSSR count). The number of halogens is 1. The van der Waals surface area contributed by atoms with Crippen LogP contribution in [0.4, 0.5) is 17.5 Å². The van der Waals surface area contributed by atoms with Crippen LogP contribution in [0.2, 0.25) is 5.02 Å². The number of benzene rings is 1. The summed E-state index contributed by atoms with van der Waals surface area (Å²) in [6.45, 7) is 5.78. The highest BCUT2D eigenvalue weighted by Gasteiger charge is 2.28. The number of carbonyl (C=O) groups excluding carboxylic acids is 1. The second-order valence-corrected chi connectivity index (χ2v) is 9.96. The molecule has 1 saturated heterocycles. The average Bonchev–Trinajstić information content (AvgIpc) is 3.69. The largest absolute Gasteiger partial charge is 0.480 e. The normalized spacial score (nSPS) is 18.0. The summed E-state index contributed by atoms with van der Waals surface area (Å²) in [4.78, 5) is 36.2. The van der Waals surface area contributed by atoms with Crippen molar-refractivity contribution in [2.45, 2.75) is 52.0 Å². The summed E-state index contributed by atoms with van der Waals surface area (Å²) in [6, 6.07) is 7.68. The molecule has 35 heavy (non-hydrogen) atoms. The van der Waals surface area contributed by atoms with Crippen molar-refractivity contribution < 1.29 is 9.53 Å². The number of nitrogens with one attached hydrogen (secondary N) is 1. The van der Waals surface area contributed by atoms with E-state index < -0.39 is 0 Å². The molecule has 1 N–H and O–H groups in total. The van der Waals surface area contributed by atoms with Crippen molar-refractivity contribution in [2.75, 3.05) is 29.9 Å². The number of Topliss-reactive ketones (excluding diaryl/α,β-unsaturated/α-hetero) is 1. The van der Waals surface area contributed by atoms with E-state index in [4.69, 9.17) is 21.3 Å². The van der Waals surface area contributed by atoms with Gasteiger partial charge >= 0.3 is 0 Å². The number of fused-ring (bicyclic) bond motifs is 1. The van der Waals surface area contributed by atoms with Crippen LogP contribution in [0.25, 0.3) is 10.9 Å². The maximum absolute atomic E-state index is 13.1. The smallest absolute Gasteiger partial charge is 0.293 e. The van der Waals surface area contributed by atoms with Gasteiger partial charge in [-0.2, -0.15) is 4.98 Å². The van der Waals surface area contributed by atoms with Crippen LogP contribution in [0.1, 0.15) is 52.0 Å². The van der Waals surface area contributed by atoms with E-state index in [9.17, 15) is 9.59 Å². The quantitative estimate of drug-likeness (QED) is 0.464. The van der Waals surface area contributed by atoms with Gasteiger partial charge in [0.25, 0.3) is 5.56 Å². The summed E-state index contributed by atoms with van der Waals surface area (Å²) in [5, 5.41) is 4.60. The van der Waals surface area contributed by atoms with Gasteiger partial charge in [-0.15, -0.1) is 0 Å². The standard InChI is InChI=1S/C26H30ClN5O3/c1-3-20(33)15-35-23-12-17-11-18(6-9-22(17)32(25(23)34)19-7-8-19)29-24-21(27)13-28-26(30-24)31-10-4-5-16(2)14-31/h6,9,11-13,16,19H,3-5,7-8,10,14-15H2,1-2H3,(H,28,29,30)/t16-/m0/s1. The summed E-state index contributed by atoms with van der Waals surface area (Å²) in [7, 11) is 0. The van der Waals surface area contributed by atoms with Gasteiger partial charge in [-0.1, -0.05) is 25.4 Å². The van der Waals surface area contributed by atoms with Gasteiger partial charge in [0.15, 0.2) is 17.4 Å². The van der Waals surface area contributed by atoms with Crippen LogP contribution < -0.4 is 20.5 Å². The van der Waals surface area contributed by atoms with E-state index in [0.717, 1.165) is 48.9 Å². The van der Waals surface area contributed by atoms with E-state index in [1.807, 2.05) is 18.2 Å². The number of carbonyl (C=O) groups is 1. The first-order valence-corrected chi connectivity index (χ1v) is 12.7. The number of anilines is 3. The van der Waals surface area contributed by atoms with Crippen molar-refractivity contribution in [3.8, 4) is 5.75 Å². The highest BCUT2D eigenvalue weighted by molar-refractivity contribution is 6.32. The minimum Gasteiger partial charge on any atom is -0.480 e. The van der Waals surface area contributed by atoms with Crippen molar-refractivity contribution in [1.29, 1.82) is 0 Å². The van der Waals surface area contributed by atoms with E-state index in [2.05, 4.69) is 22.1 Å². The lowest BCUT2D eigenvalue weighted by molar-refractivity contribution is -0.120. The summed E-state index contributed by atoms with van der Waals surface area (Å²) < 4.78 is 7.42. The van der Waals surface area contributed by atoms with E-state index in [1.165, 1.54) is 6.42 Å². The molecule has 1 aliphatic carbocycles.